The van der Waals surface area contributed by atoms with Crippen molar-refractivity contribution in [2.24, 2.45) is 0 Å². The number of Topliss-reactive ketones (excluding diaryl/α,β-unsaturated/α-hetero) is 1. The molecule has 0 unspecified atom stereocenters. The molecule has 0 aliphatic heterocycles. The van der Waals surface area contributed by atoms with Gasteiger partial charge in [-0.2, -0.15) is 0 Å². The number of carbonyl (C=O) groups excluding carboxylic acids is 1. The number of aliphatic hydroxyl groups excluding tert-OH is 1. The van der Waals surface area contributed by atoms with Gasteiger partial charge >= 0.3 is 0 Å². The van der Waals surface area contributed by atoms with E-state index >= 15 is 0 Å². The Labute approximate surface area is 173 Å². The van der Waals surface area contributed by atoms with E-state index in [1.807, 2.05) is 54.4 Å². The predicted molar refractivity (Wildman–Crippen MR) is 113 cm³/mol. The maximum Gasteiger partial charge on any atom is 0.165 e. The Morgan fingerprint density at radius 3 is 2.45 bits per heavy atom. The van der Waals surface area contributed by atoms with Crippen molar-refractivity contribution < 1.29 is 24.1 Å². The highest BCUT2D eigenvalue weighted by atomic mass is 16.5. The average molecular weight is 402 g/mol. The number of aryl methyl sites for hydroxylation is 1. The third kappa shape index (κ3) is 7.40. The molecule has 0 heterocycles. The topological polar surface area (TPSA) is 68.2 Å². The molecule has 0 amide bonds. The summed E-state index contributed by atoms with van der Waals surface area (Å²) in [5.41, 5.74) is 2.09. The average Bonchev–Trinajstić information content (AvgIpc) is 2.71. The number of ketones is 1. The molecule has 0 radical (unpaired) electrons. The molecule has 2 rings (SSSR count). The number of aliphatic hydroxyl groups is 1. The van der Waals surface area contributed by atoms with Crippen LogP contribution in [0, 0.1) is 0 Å². The molecule has 0 aliphatic carbocycles. The van der Waals surface area contributed by atoms with Crippen molar-refractivity contribution in [3.05, 3.63) is 53.6 Å². The van der Waals surface area contributed by atoms with Gasteiger partial charge < -0.3 is 24.1 Å². The SMILES string of the molecule is COc1cccc(CN(C)C[C@@H](O)COc2ccc(CCC(C)=O)cc2)c1OC. The maximum absolute atomic E-state index is 11.1. The lowest BCUT2D eigenvalue weighted by atomic mass is 10.1. The van der Waals surface area contributed by atoms with Gasteiger partial charge in [0, 0.05) is 25.1 Å². The van der Waals surface area contributed by atoms with E-state index in [1.54, 1.807) is 21.1 Å². The van der Waals surface area contributed by atoms with Gasteiger partial charge in [-0.15, -0.1) is 0 Å². The molecule has 2 aromatic carbocycles. The second-order valence-corrected chi connectivity index (χ2v) is 7.16. The molecule has 0 saturated carbocycles. The highest BCUT2D eigenvalue weighted by molar-refractivity contribution is 5.75. The van der Waals surface area contributed by atoms with Crippen LogP contribution in [-0.4, -0.2) is 56.3 Å². The van der Waals surface area contributed by atoms with Crippen LogP contribution in [-0.2, 0) is 17.8 Å². The van der Waals surface area contributed by atoms with Crippen molar-refractivity contribution in [2.75, 3.05) is 34.4 Å². The number of rotatable bonds is 12. The summed E-state index contributed by atoms with van der Waals surface area (Å²) < 4.78 is 16.5. The molecule has 1 atom stereocenters. The van der Waals surface area contributed by atoms with Gasteiger partial charge in [0.25, 0.3) is 0 Å². The van der Waals surface area contributed by atoms with E-state index in [-0.39, 0.29) is 12.4 Å². The molecule has 0 aromatic heterocycles. The Morgan fingerprint density at radius 1 is 1.10 bits per heavy atom. The summed E-state index contributed by atoms with van der Waals surface area (Å²) in [5.74, 6) is 2.28. The Hall–Kier alpha value is -2.57. The maximum atomic E-state index is 11.1. The van der Waals surface area contributed by atoms with Crippen molar-refractivity contribution in [3.63, 3.8) is 0 Å². The molecule has 6 heteroatoms. The number of benzene rings is 2. The van der Waals surface area contributed by atoms with Crippen LogP contribution in [0.3, 0.4) is 0 Å². The number of nitrogens with zero attached hydrogens (tertiary/aromatic N) is 1. The van der Waals surface area contributed by atoms with Crippen molar-refractivity contribution >= 4 is 5.78 Å². The lowest BCUT2D eigenvalue weighted by Crippen LogP contribution is -2.32. The number of hydrogen-bond donors (Lipinski definition) is 1. The van der Waals surface area contributed by atoms with Crippen LogP contribution in [0.4, 0.5) is 0 Å². The summed E-state index contributed by atoms with van der Waals surface area (Å²) >= 11 is 0. The van der Waals surface area contributed by atoms with Crippen molar-refractivity contribution in [2.45, 2.75) is 32.4 Å². The molecule has 0 aliphatic rings. The number of hydrogen-bond acceptors (Lipinski definition) is 6. The van der Waals surface area contributed by atoms with Gasteiger partial charge in [-0.05, 0) is 44.2 Å². The number of methoxy groups -OCH3 is 2. The second-order valence-electron chi connectivity index (χ2n) is 7.16. The zero-order valence-electron chi connectivity index (χ0n) is 17.7. The van der Waals surface area contributed by atoms with Gasteiger partial charge in [0.1, 0.15) is 24.2 Å². The Balaban J connectivity index is 1.82. The first-order valence-electron chi connectivity index (χ1n) is 9.70. The van der Waals surface area contributed by atoms with E-state index in [4.69, 9.17) is 14.2 Å². The van der Waals surface area contributed by atoms with Gasteiger partial charge in [-0.3, -0.25) is 4.90 Å². The first-order valence-corrected chi connectivity index (χ1v) is 9.70. The Kier molecular flexibility index (Phi) is 8.96. The van der Waals surface area contributed by atoms with Crippen LogP contribution in [0.2, 0.25) is 0 Å². The van der Waals surface area contributed by atoms with Crippen LogP contribution < -0.4 is 14.2 Å². The lowest BCUT2D eigenvalue weighted by Gasteiger charge is -2.22. The van der Waals surface area contributed by atoms with E-state index in [2.05, 4.69) is 0 Å². The summed E-state index contributed by atoms with van der Waals surface area (Å²) in [7, 11) is 5.17. The molecule has 2 aromatic rings. The van der Waals surface area contributed by atoms with Crippen molar-refractivity contribution in [1.82, 2.24) is 4.90 Å². The summed E-state index contributed by atoms with van der Waals surface area (Å²) in [6.45, 7) is 2.87. The monoisotopic (exact) mass is 401 g/mol. The van der Waals surface area contributed by atoms with Crippen molar-refractivity contribution in [3.8, 4) is 17.2 Å². The van der Waals surface area contributed by atoms with Crippen LogP contribution >= 0.6 is 0 Å². The molecule has 29 heavy (non-hydrogen) atoms. The fourth-order valence-electron chi connectivity index (χ4n) is 3.11. The first-order chi connectivity index (χ1) is 13.9. The molecule has 6 nitrogen and oxygen atoms in total. The minimum Gasteiger partial charge on any atom is -0.493 e. The molecular formula is C23H31NO5. The largest absolute Gasteiger partial charge is 0.493 e. The Bertz CT molecular complexity index is 775. The standard InChI is InChI=1S/C23H31NO5/c1-17(25)8-9-18-10-12-21(13-11-18)29-16-20(26)15-24(2)14-19-6-5-7-22(27-3)23(19)28-4/h5-7,10-13,20,26H,8-9,14-16H2,1-4H3/t20-/m1/s1. The van der Waals surface area contributed by atoms with E-state index in [0.29, 0.717) is 36.8 Å². The highest BCUT2D eigenvalue weighted by Gasteiger charge is 2.14. The van der Waals surface area contributed by atoms with Gasteiger partial charge in [0.2, 0.25) is 0 Å². The summed E-state index contributed by atoms with van der Waals surface area (Å²) in [5, 5.41) is 10.3. The van der Waals surface area contributed by atoms with E-state index in [0.717, 1.165) is 17.5 Å². The molecule has 0 fully saturated rings. The Morgan fingerprint density at radius 2 is 1.83 bits per heavy atom. The minimum atomic E-state index is -0.631. The van der Waals surface area contributed by atoms with Gasteiger partial charge in [0.15, 0.2) is 11.5 Å². The molecular weight excluding hydrogens is 370 g/mol. The second kappa shape index (κ2) is 11.4. The van der Waals surface area contributed by atoms with Crippen LogP contribution in [0.1, 0.15) is 24.5 Å². The summed E-state index contributed by atoms with van der Waals surface area (Å²) in [6, 6.07) is 13.4. The van der Waals surface area contributed by atoms with E-state index in [1.165, 1.54) is 0 Å². The minimum absolute atomic E-state index is 0.184. The van der Waals surface area contributed by atoms with Crippen LogP contribution in [0.15, 0.2) is 42.5 Å². The summed E-state index contributed by atoms with van der Waals surface area (Å²) in [6.07, 6.45) is 0.647. The predicted octanol–water partition coefficient (Wildman–Crippen LogP) is 3.10. The molecule has 0 spiro atoms. The fourth-order valence-corrected chi connectivity index (χ4v) is 3.11. The van der Waals surface area contributed by atoms with Gasteiger partial charge in [-0.25, -0.2) is 0 Å². The molecule has 158 valence electrons. The normalized spacial score (nSPS) is 11.9. The zero-order chi connectivity index (χ0) is 21.2. The lowest BCUT2D eigenvalue weighted by molar-refractivity contribution is -0.116. The highest BCUT2D eigenvalue weighted by Crippen LogP contribution is 2.31. The van der Waals surface area contributed by atoms with Gasteiger partial charge in [0.05, 0.1) is 14.2 Å². The molecule has 1 N–H and O–H groups in total. The van der Waals surface area contributed by atoms with Crippen molar-refractivity contribution in [1.29, 1.82) is 0 Å². The van der Waals surface area contributed by atoms with Gasteiger partial charge in [-0.1, -0.05) is 24.3 Å². The van der Waals surface area contributed by atoms with Crippen LogP contribution in [0.25, 0.3) is 0 Å². The quantitative estimate of drug-likeness (QED) is 0.589. The first kappa shape index (κ1) is 22.7. The number of likely N-dealkylation sites (N-methyl/N-ethyl adjacent to an activating group) is 1. The van der Waals surface area contributed by atoms with E-state index in [9.17, 15) is 9.90 Å². The van der Waals surface area contributed by atoms with Crippen LogP contribution in [0.5, 0.6) is 17.2 Å². The third-order valence-electron chi connectivity index (χ3n) is 4.58. The molecule has 0 saturated heterocycles. The fraction of sp³-hybridized carbons (Fsp3) is 0.435. The number of carbonyl (C=O) groups is 1. The number of para-hydroxylation sites is 1. The zero-order valence-corrected chi connectivity index (χ0v) is 17.7. The smallest absolute Gasteiger partial charge is 0.165 e. The number of ether oxygens (including phenoxy) is 3. The summed E-state index contributed by atoms with van der Waals surface area (Å²) in [4.78, 5) is 13.1. The third-order valence-corrected chi connectivity index (χ3v) is 4.58. The van der Waals surface area contributed by atoms with E-state index < -0.39 is 6.10 Å². The molecule has 0 bridgehead atoms.